The van der Waals surface area contributed by atoms with Crippen LogP contribution in [0.25, 0.3) is 0 Å². The smallest absolute Gasteiger partial charge is 0.281 e. The minimum absolute atomic E-state index is 0.0255. The Morgan fingerprint density at radius 3 is 2.54 bits per heavy atom. The van der Waals surface area contributed by atoms with Crippen LogP contribution in [0.4, 0.5) is 23.2 Å². The molecule has 2 aromatic heterocycles. The number of aliphatic hydroxyl groups is 1. The van der Waals surface area contributed by atoms with Crippen LogP contribution in [-0.4, -0.2) is 39.5 Å². The Morgan fingerprint density at radius 2 is 1.87 bits per heavy atom. The van der Waals surface area contributed by atoms with Crippen LogP contribution in [0.5, 0.6) is 0 Å². The highest BCUT2D eigenvalue weighted by Crippen LogP contribution is 2.46. The van der Waals surface area contributed by atoms with Crippen molar-refractivity contribution in [3.63, 3.8) is 0 Å². The lowest BCUT2D eigenvalue weighted by Gasteiger charge is -2.32. The third kappa shape index (κ3) is 4.96. The first kappa shape index (κ1) is 27.0. The lowest BCUT2D eigenvalue weighted by atomic mass is 9.85. The van der Waals surface area contributed by atoms with Crippen molar-refractivity contribution in [3.8, 4) is 0 Å². The molecule has 0 saturated heterocycles. The molecule has 5 rings (SSSR count). The highest BCUT2D eigenvalue weighted by Gasteiger charge is 2.53. The van der Waals surface area contributed by atoms with Gasteiger partial charge in [-0.1, -0.05) is 23.7 Å². The molecule has 1 unspecified atom stereocenters. The maximum Gasteiger partial charge on any atom is 0.281 e. The molecule has 12 heteroatoms. The van der Waals surface area contributed by atoms with E-state index in [0.717, 1.165) is 24.5 Å². The fourth-order valence-corrected chi connectivity index (χ4v) is 5.48. The van der Waals surface area contributed by atoms with Gasteiger partial charge in [-0.2, -0.15) is 0 Å². The maximum atomic E-state index is 15.0. The third-order valence-corrected chi connectivity index (χ3v) is 7.47. The van der Waals surface area contributed by atoms with Crippen molar-refractivity contribution in [1.29, 1.82) is 0 Å². The van der Waals surface area contributed by atoms with Crippen LogP contribution in [0, 0.1) is 17.6 Å². The van der Waals surface area contributed by atoms with E-state index >= 15 is 0 Å². The molecule has 1 aliphatic heterocycles. The summed E-state index contributed by atoms with van der Waals surface area (Å²) in [4.78, 5) is 34.9. The molecule has 3 aromatic rings. The number of nitrogens with zero attached hydrogens (tertiary/aromatic N) is 3. The summed E-state index contributed by atoms with van der Waals surface area (Å²) < 4.78 is 55.0. The Balaban J connectivity index is 1.29. The first-order valence-corrected chi connectivity index (χ1v) is 12.7. The Kier molecular flexibility index (Phi) is 7.30. The second-order valence-electron chi connectivity index (χ2n) is 9.70. The van der Waals surface area contributed by atoms with Gasteiger partial charge in [0.1, 0.15) is 17.3 Å². The molecule has 3 heterocycles. The number of carbonyl (C=O) groups is 2. The molecule has 2 N–H and O–H groups in total. The Morgan fingerprint density at radius 1 is 1.13 bits per heavy atom. The molecule has 7 nitrogen and oxygen atoms in total. The molecule has 0 spiro atoms. The lowest BCUT2D eigenvalue weighted by Crippen LogP contribution is -2.45. The van der Waals surface area contributed by atoms with Gasteiger partial charge in [0.05, 0.1) is 28.2 Å². The minimum Gasteiger partial charge on any atom is -0.370 e. The molecule has 2 aliphatic rings. The topological polar surface area (TPSA) is 95.4 Å². The van der Waals surface area contributed by atoms with Crippen molar-refractivity contribution in [2.75, 3.05) is 11.4 Å². The average molecular weight is 563 g/mol. The number of pyridine rings is 2. The van der Waals surface area contributed by atoms with Gasteiger partial charge in [0.2, 0.25) is 5.60 Å². The first-order chi connectivity index (χ1) is 18.6. The van der Waals surface area contributed by atoms with E-state index in [1.165, 1.54) is 29.2 Å². The van der Waals surface area contributed by atoms with Crippen molar-refractivity contribution in [2.24, 2.45) is 5.92 Å². The van der Waals surface area contributed by atoms with E-state index in [9.17, 15) is 32.3 Å². The van der Waals surface area contributed by atoms with Crippen LogP contribution >= 0.6 is 11.6 Å². The Bertz CT molecular complexity index is 1420. The summed E-state index contributed by atoms with van der Waals surface area (Å²) in [5, 5.41) is 14.3. The summed E-state index contributed by atoms with van der Waals surface area (Å²) >= 11 is 5.85. The number of hydrogen-bond acceptors (Lipinski definition) is 5. The average Bonchev–Trinajstić information content (AvgIpc) is 3.13. The van der Waals surface area contributed by atoms with Crippen LogP contribution in [0.2, 0.25) is 5.02 Å². The van der Waals surface area contributed by atoms with Crippen LogP contribution in [0.3, 0.4) is 0 Å². The van der Waals surface area contributed by atoms with Crippen molar-refractivity contribution in [2.45, 2.75) is 43.8 Å². The molecular formula is C27H23ClF4N4O3. The van der Waals surface area contributed by atoms with E-state index in [4.69, 9.17) is 11.6 Å². The summed E-state index contributed by atoms with van der Waals surface area (Å²) in [6.07, 6.45) is 1.06. The number of anilines is 1. The zero-order chi connectivity index (χ0) is 27.9. The van der Waals surface area contributed by atoms with E-state index in [0.29, 0.717) is 25.7 Å². The van der Waals surface area contributed by atoms with Gasteiger partial charge in [-0.3, -0.25) is 19.6 Å². The number of nitrogens with one attached hydrogen (secondary N) is 1. The molecule has 1 aliphatic carbocycles. The normalized spacial score (nSPS) is 22.7. The SMILES string of the molecule is O=C(NC1CCC(CN2C(=O)C(O)(c3ccc(F)cn3)c3cccc(F)c32)CC1)c1cc(Cl)cnc1C(F)F. The van der Waals surface area contributed by atoms with Crippen molar-refractivity contribution >= 4 is 29.1 Å². The predicted molar refractivity (Wildman–Crippen MR) is 133 cm³/mol. The fourth-order valence-electron chi connectivity index (χ4n) is 5.32. The van der Waals surface area contributed by atoms with Gasteiger partial charge in [-0.05, 0) is 55.9 Å². The summed E-state index contributed by atoms with van der Waals surface area (Å²) in [6, 6.07) is 7.10. The number of hydrogen-bond donors (Lipinski definition) is 2. The summed E-state index contributed by atoms with van der Waals surface area (Å²) in [7, 11) is 0. The number of benzene rings is 1. The van der Waals surface area contributed by atoms with E-state index in [1.54, 1.807) is 0 Å². The highest BCUT2D eigenvalue weighted by molar-refractivity contribution is 6.30. The van der Waals surface area contributed by atoms with E-state index in [-0.39, 0.29) is 46.0 Å². The van der Waals surface area contributed by atoms with Crippen molar-refractivity contribution in [1.82, 2.24) is 15.3 Å². The molecule has 1 fully saturated rings. The van der Waals surface area contributed by atoms with Gasteiger partial charge < -0.3 is 15.3 Å². The zero-order valence-corrected chi connectivity index (χ0v) is 21.1. The molecule has 0 radical (unpaired) electrons. The van der Waals surface area contributed by atoms with E-state index in [1.807, 2.05) is 0 Å². The summed E-state index contributed by atoms with van der Waals surface area (Å²) in [5.41, 5.74) is -3.36. The van der Waals surface area contributed by atoms with Crippen LogP contribution in [-0.2, 0) is 10.4 Å². The first-order valence-electron chi connectivity index (χ1n) is 12.3. The maximum absolute atomic E-state index is 15.0. The van der Waals surface area contributed by atoms with Gasteiger partial charge in [0, 0.05) is 24.3 Å². The summed E-state index contributed by atoms with van der Waals surface area (Å²) in [5.74, 6) is -2.92. The molecule has 39 heavy (non-hydrogen) atoms. The quantitative estimate of drug-likeness (QED) is 0.416. The molecule has 204 valence electrons. The van der Waals surface area contributed by atoms with E-state index in [2.05, 4.69) is 15.3 Å². The number of alkyl halides is 2. The largest absolute Gasteiger partial charge is 0.370 e. The highest BCUT2D eigenvalue weighted by atomic mass is 35.5. The predicted octanol–water partition coefficient (Wildman–Crippen LogP) is 4.92. The van der Waals surface area contributed by atoms with Crippen LogP contribution < -0.4 is 10.2 Å². The van der Waals surface area contributed by atoms with Gasteiger partial charge in [-0.15, -0.1) is 0 Å². The fraction of sp³-hybridized carbons (Fsp3) is 0.333. The number of halogens is 5. The second-order valence-corrected chi connectivity index (χ2v) is 10.1. The van der Waals surface area contributed by atoms with Gasteiger partial charge >= 0.3 is 0 Å². The Hall–Kier alpha value is -3.57. The molecule has 1 aromatic carbocycles. The molecular weight excluding hydrogens is 540 g/mol. The van der Waals surface area contributed by atoms with Gasteiger partial charge in [0.25, 0.3) is 18.2 Å². The summed E-state index contributed by atoms with van der Waals surface area (Å²) in [6.45, 7) is 0.102. The van der Waals surface area contributed by atoms with Crippen LogP contribution in [0.15, 0.2) is 48.8 Å². The van der Waals surface area contributed by atoms with Crippen molar-refractivity contribution in [3.05, 3.63) is 88.0 Å². The number of fused-ring (bicyclic) bond motifs is 1. The van der Waals surface area contributed by atoms with Gasteiger partial charge in [0.15, 0.2) is 0 Å². The van der Waals surface area contributed by atoms with E-state index < -0.39 is 41.2 Å². The van der Waals surface area contributed by atoms with Gasteiger partial charge in [-0.25, -0.2) is 17.6 Å². The second kappa shape index (κ2) is 10.5. The number of aromatic nitrogens is 2. The number of carbonyl (C=O) groups excluding carboxylic acids is 2. The monoisotopic (exact) mass is 562 g/mol. The zero-order valence-electron chi connectivity index (χ0n) is 20.4. The standard InChI is InChI=1S/C27H23ClF4N4O3/c28-15-10-18(22(24(31)32)34-11-15)25(37)35-17-7-4-14(5-8-17)13-36-23-19(2-1-3-20(23)30)27(39,26(36)38)21-9-6-16(29)12-33-21/h1-3,6,9-12,14,17,24,39H,4-5,7-8,13H2,(H,35,37). The lowest BCUT2D eigenvalue weighted by molar-refractivity contribution is -0.132. The third-order valence-electron chi connectivity index (χ3n) is 7.26. The number of para-hydroxylation sites is 1. The molecule has 0 bridgehead atoms. The van der Waals surface area contributed by atoms with Crippen LogP contribution in [0.1, 0.15) is 59.4 Å². The van der Waals surface area contributed by atoms with Crippen molar-refractivity contribution < 1.29 is 32.3 Å². The number of rotatable bonds is 6. The number of amides is 2. The molecule has 2 amide bonds. The Labute approximate surface area is 225 Å². The minimum atomic E-state index is -2.94. The molecule has 1 saturated carbocycles. The molecule has 1 atom stereocenters.